The summed E-state index contributed by atoms with van der Waals surface area (Å²) in [4.78, 5) is 84.5. The summed E-state index contributed by atoms with van der Waals surface area (Å²) in [5.74, 6) is -7.95. The van der Waals surface area contributed by atoms with Crippen molar-refractivity contribution in [3.63, 3.8) is 0 Å². The molecule has 0 saturated carbocycles. The predicted octanol–water partition coefficient (Wildman–Crippen LogP) is -7.61. The van der Waals surface area contributed by atoms with Crippen molar-refractivity contribution < 1.29 is 68.9 Å². The Bertz CT molecular complexity index is 988. The molecule has 0 saturated heterocycles. The van der Waals surface area contributed by atoms with Crippen molar-refractivity contribution in [3.05, 3.63) is 0 Å². The SMILES string of the molecule is CC(C)(C)OCC(=O)NCC(=O)N[C@@H](CO)C(=O)N[C@@H](CO)C(=O)N[C@@H](CO)C(=O)NC(CO)C(=O)N[C@@H](CO)C(=O)O. The molecule has 5 atom stereocenters. The van der Waals surface area contributed by atoms with E-state index in [0.29, 0.717) is 0 Å². The molecule has 0 aromatic heterocycles. The molecule has 0 aromatic rings. The van der Waals surface area contributed by atoms with Gasteiger partial charge in [-0.1, -0.05) is 0 Å². The maximum Gasteiger partial charge on any atom is 0.328 e. The number of aliphatic hydroxyl groups excluding tert-OH is 5. The van der Waals surface area contributed by atoms with Crippen molar-refractivity contribution in [2.45, 2.75) is 56.6 Å². The van der Waals surface area contributed by atoms with Crippen molar-refractivity contribution in [2.75, 3.05) is 46.2 Å². The number of rotatable bonds is 19. The highest BCUT2D eigenvalue weighted by atomic mass is 16.5. The van der Waals surface area contributed by atoms with Gasteiger partial charge in [-0.3, -0.25) is 28.8 Å². The van der Waals surface area contributed by atoms with Gasteiger partial charge in [0.05, 0.1) is 45.2 Å². The summed E-state index contributed by atoms with van der Waals surface area (Å²) in [5.41, 5.74) is -0.608. The van der Waals surface area contributed by atoms with E-state index in [1.807, 2.05) is 21.3 Å². The number of aliphatic hydroxyl groups is 5. The van der Waals surface area contributed by atoms with Crippen LogP contribution >= 0.6 is 0 Å². The standard InChI is InChI=1S/C23H40N6O14/c1-23(2,3)43-10-17(36)24-4-16(35)25-11(5-30)18(37)26-12(6-31)19(38)27-13(7-32)20(39)28-14(8-33)21(40)29-15(9-34)22(41)42/h11-15,30-34H,4-10H2,1-3H3,(H,24,36)(H,25,35)(H,26,37)(H,27,38)(H,28,39)(H,29,40)(H,41,42)/t11-,12-,13-,14?,15-/m0/s1. The van der Waals surface area contributed by atoms with Crippen LogP contribution in [0.5, 0.6) is 0 Å². The Morgan fingerprint density at radius 1 is 0.558 bits per heavy atom. The van der Waals surface area contributed by atoms with Crippen molar-refractivity contribution in [1.29, 1.82) is 0 Å². The van der Waals surface area contributed by atoms with Crippen LogP contribution in [0, 0.1) is 0 Å². The van der Waals surface area contributed by atoms with Crippen molar-refractivity contribution in [1.82, 2.24) is 31.9 Å². The minimum atomic E-state index is -1.80. The third-order valence-corrected chi connectivity index (χ3v) is 5.16. The molecule has 0 fully saturated rings. The van der Waals surface area contributed by atoms with Crippen LogP contribution < -0.4 is 31.9 Å². The van der Waals surface area contributed by atoms with Crippen molar-refractivity contribution in [2.24, 2.45) is 0 Å². The molecule has 20 heteroatoms. The average Bonchev–Trinajstić information content (AvgIpc) is 2.95. The summed E-state index contributed by atoms with van der Waals surface area (Å²) >= 11 is 0. The van der Waals surface area contributed by atoms with Gasteiger partial charge in [-0.2, -0.15) is 0 Å². The topological polar surface area (TPSA) is 322 Å². The Morgan fingerprint density at radius 3 is 1.19 bits per heavy atom. The second-order valence-electron chi connectivity index (χ2n) is 9.79. The van der Waals surface area contributed by atoms with Gasteiger partial charge in [0.2, 0.25) is 35.4 Å². The summed E-state index contributed by atoms with van der Waals surface area (Å²) in [6, 6.07) is -8.71. The Hall–Kier alpha value is -3.95. The summed E-state index contributed by atoms with van der Waals surface area (Å²) in [5, 5.41) is 68.0. The molecule has 20 nitrogen and oxygen atoms in total. The number of carbonyl (C=O) groups is 7. The van der Waals surface area contributed by atoms with Crippen LogP contribution in [0.15, 0.2) is 0 Å². The van der Waals surface area contributed by atoms with Crippen LogP contribution in [-0.4, -0.2) is 154 Å². The van der Waals surface area contributed by atoms with Gasteiger partial charge in [0.15, 0.2) is 0 Å². The van der Waals surface area contributed by atoms with Crippen LogP contribution in [0.4, 0.5) is 0 Å². The lowest BCUT2D eigenvalue weighted by Crippen LogP contribution is -2.61. The zero-order valence-corrected chi connectivity index (χ0v) is 23.8. The Morgan fingerprint density at radius 2 is 0.884 bits per heavy atom. The van der Waals surface area contributed by atoms with E-state index >= 15 is 0 Å². The van der Waals surface area contributed by atoms with Gasteiger partial charge in [0.1, 0.15) is 36.8 Å². The molecule has 246 valence electrons. The van der Waals surface area contributed by atoms with Gasteiger partial charge in [0.25, 0.3) is 0 Å². The molecule has 0 rings (SSSR count). The van der Waals surface area contributed by atoms with E-state index in [2.05, 4.69) is 10.6 Å². The third kappa shape index (κ3) is 15.2. The number of amides is 6. The Kier molecular flexibility index (Phi) is 17.5. The molecule has 0 aliphatic heterocycles. The molecular weight excluding hydrogens is 584 g/mol. The fourth-order valence-electron chi connectivity index (χ4n) is 2.81. The minimum Gasteiger partial charge on any atom is -0.480 e. The number of hydrogen-bond donors (Lipinski definition) is 12. The molecule has 0 spiro atoms. The summed E-state index contributed by atoms with van der Waals surface area (Å²) < 4.78 is 5.25. The zero-order valence-electron chi connectivity index (χ0n) is 23.8. The average molecular weight is 625 g/mol. The summed E-state index contributed by atoms with van der Waals surface area (Å²) in [6.07, 6.45) is 0. The zero-order chi connectivity index (χ0) is 33.3. The lowest BCUT2D eigenvalue weighted by molar-refractivity contribution is -0.143. The van der Waals surface area contributed by atoms with Crippen molar-refractivity contribution in [3.8, 4) is 0 Å². The Labute approximate surface area is 245 Å². The van der Waals surface area contributed by atoms with Crippen LogP contribution in [-0.2, 0) is 38.3 Å². The van der Waals surface area contributed by atoms with Crippen LogP contribution in [0.1, 0.15) is 20.8 Å². The fraction of sp³-hybridized carbons (Fsp3) is 0.696. The van der Waals surface area contributed by atoms with E-state index in [1.54, 1.807) is 20.8 Å². The highest BCUT2D eigenvalue weighted by Gasteiger charge is 2.31. The molecule has 0 aromatic carbocycles. The maximum absolute atomic E-state index is 12.6. The van der Waals surface area contributed by atoms with E-state index < -0.39 is 117 Å². The highest BCUT2D eigenvalue weighted by molar-refractivity contribution is 5.96. The van der Waals surface area contributed by atoms with E-state index in [0.717, 1.165) is 0 Å². The second-order valence-corrected chi connectivity index (χ2v) is 9.79. The van der Waals surface area contributed by atoms with Gasteiger partial charge in [0, 0.05) is 0 Å². The normalized spacial score (nSPS) is 14.6. The molecule has 0 heterocycles. The first-order valence-corrected chi connectivity index (χ1v) is 12.7. The number of carboxylic acids is 1. The molecule has 6 amide bonds. The number of carboxylic acid groups (broad SMARTS) is 1. The third-order valence-electron chi connectivity index (χ3n) is 5.16. The molecule has 0 bridgehead atoms. The monoisotopic (exact) mass is 624 g/mol. The first-order chi connectivity index (χ1) is 20.0. The molecule has 43 heavy (non-hydrogen) atoms. The number of nitrogens with one attached hydrogen (secondary N) is 6. The summed E-state index contributed by atoms with van der Waals surface area (Å²) in [7, 11) is 0. The number of aliphatic carboxylic acids is 1. The molecule has 0 aliphatic rings. The predicted molar refractivity (Wildman–Crippen MR) is 141 cm³/mol. The first kappa shape index (κ1) is 39.0. The molecule has 12 N–H and O–H groups in total. The Balaban J connectivity index is 5.12. The number of ether oxygens (including phenoxy) is 1. The lowest BCUT2D eigenvalue weighted by atomic mass is 10.2. The van der Waals surface area contributed by atoms with Gasteiger partial charge in [-0.05, 0) is 20.8 Å². The minimum absolute atomic E-state index is 0.344. The molecule has 0 aliphatic carbocycles. The first-order valence-electron chi connectivity index (χ1n) is 12.7. The van der Waals surface area contributed by atoms with E-state index in [1.165, 1.54) is 0 Å². The molecular formula is C23H40N6O14. The highest BCUT2D eigenvalue weighted by Crippen LogP contribution is 2.05. The maximum atomic E-state index is 12.6. The lowest BCUT2D eigenvalue weighted by Gasteiger charge is -2.24. The van der Waals surface area contributed by atoms with Gasteiger partial charge in [-0.15, -0.1) is 0 Å². The number of carbonyl (C=O) groups excluding carboxylic acids is 6. The number of hydrogen-bond acceptors (Lipinski definition) is 13. The van der Waals surface area contributed by atoms with Gasteiger partial charge in [-0.25, -0.2) is 4.79 Å². The van der Waals surface area contributed by atoms with Crippen LogP contribution in [0.25, 0.3) is 0 Å². The smallest absolute Gasteiger partial charge is 0.328 e. The van der Waals surface area contributed by atoms with E-state index in [-0.39, 0.29) is 6.61 Å². The van der Waals surface area contributed by atoms with Gasteiger partial charge < -0.3 is 67.3 Å². The largest absolute Gasteiger partial charge is 0.480 e. The van der Waals surface area contributed by atoms with Gasteiger partial charge >= 0.3 is 5.97 Å². The molecule has 0 radical (unpaired) electrons. The summed E-state index contributed by atoms with van der Waals surface area (Å²) in [6.45, 7) is -0.906. The fourth-order valence-corrected chi connectivity index (χ4v) is 2.81. The van der Waals surface area contributed by atoms with Crippen LogP contribution in [0.3, 0.4) is 0 Å². The van der Waals surface area contributed by atoms with E-state index in [4.69, 9.17) is 14.9 Å². The van der Waals surface area contributed by atoms with Crippen molar-refractivity contribution >= 4 is 41.4 Å². The van der Waals surface area contributed by atoms with E-state index in [9.17, 15) is 54.0 Å². The van der Waals surface area contributed by atoms with Crippen LogP contribution in [0.2, 0.25) is 0 Å². The molecule has 1 unspecified atom stereocenters. The second kappa shape index (κ2) is 19.3. The quantitative estimate of drug-likeness (QED) is 0.0635.